The number of hydrazine groups is 1. The standard InChI is InChI=1S/C12H15N3OS/c1-8-3-2-4-10(7-8)13-12(17)15-14-11(16)9-5-6-9/h2-4,7,9H,5-6H2,1H3,(H,14,16)(H2,13,15,17). The van der Waals surface area contributed by atoms with E-state index in [1.54, 1.807) is 0 Å². The van der Waals surface area contributed by atoms with E-state index in [9.17, 15) is 4.79 Å². The Hall–Kier alpha value is -1.62. The number of amides is 1. The van der Waals surface area contributed by atoms with Gasteiger partial charge in [-0.25, -0.2) is 0 Å². The Kier molecular flexibility index (Phi) is 3.58. The maximum Gasteiger partial charge on any atom is 0.241 e. The lowest BCUT2D eigenvalue weighted by Crippen LogP contribution is -2.44. The predicted octanol–water partition coefficient (Wildman–Crippen LogP) is 1.72. The summed E-state index contributed by atoms with van der Waals surface area (Å²) in [6.45, 7) is 2.01. The molecule has 1 fully saturated rings. The molecule has 0 spiro atoms. The van der Waals surface area contributed by atoms with Crippen molar-refractivity contribution in [2.75, 3.05) is 5.32 Å². The number of aryl methyl sites for hydroxylation is 1. The van der Waals surface area contributed by atoms with Crippen LogP contribution in [0.15, 0.2) is 24.3 Å². The number of carbonyl (C=O) groups is 1. The summed E-state index contributed by atoms with van der Waals surface area (Å²) in [5.41, 5.74) is 7.34. The van der Waals surface area contributed by atoms with Crippen LogP contribution in [0.5, 0.6) is 0 Å². The van der Waals surface area contributed by atoms with Crippen molar-refractivity contribution < 1.29 is 4.79 Å². The summed E-state index contributed by atoms with van der Waals surface area (Å²) in [5, 5.41) is 3.40. The molecule has 0 saturated heterocycles. The number of rotatable bonds is 2. The van der Waals surface area contributed by atoms with Crippen molar-refractivity contribution in [1.29, 1.82) is 0 Å². The normalized spacial score (nSPS) is 13.9. The molecule has 1 amide bonds. The van der Waals surface area contributed by atoms with Crippen LogP contribution in [0.4, 0.5) is 5.69 Å². The Morgan fingerprint density at radius 3 is 2.76 bits per heavy atom. The molecule has 5 heteroatoms. The Morgan fingerprint density at radius 1 is 1.35 bits per heavy atom. The summed E-state index contributed by atoms with van der Waals surface area (Å²) in [7, 11) is 0. The lowest BCUT2D eigenvalue weighted by molar-refractivity contribution is -0.122. The van der Waals surface area contributed by atoms with Gasteiger partial charge in [0.2, 0.25) is 5.91 Å². The number of hydrogen-bond acceptors (Lipinski definition) is 2. The van der Waals surface area contributed by atoms with Crippen molar-refractivity contribution in [3.05, 3.63) is 29.8 Å². The first kappa shape index (κ1) is 11.9. The Morgan fingerprint density at radius 2 is 2.12 bits per heavy atom. The van der Waals surface area contributed by atoms with Crippen molar-refractivity contribution in [3.63, 3.8) is 0 Å². The highest BCUT2D eigenvalue weighted by Gasteiger charge is 2.29. The van der Waals surface area contributed by atoms with Gasteiger partial charge in [-0.05, 0) is 49.7 Å². The smallest absolute Gasteiger partial charge is 0.241 e. The molecular formula is C12H15N3OS. The molecule has 0 aliphatic heterocycles. The molecule has 0 aromatic heterocycles. The number of nitrogens with one attached hydrogen (secondary N) is 3. The molecule has 90 valence electrons. The van der Waals surface area contributed by atoms with Crippen molar-refractivity contribution in [3.8, 4) is 0 Å². The molecule has 1 aromatic carbocycles. The van der Waals surface area contributed by atoms with Crippen molar-refractivity contribution in [2.24, 2.45) is 5.92 Å². The van der Waals surface area contributed by atoms with Gasteiger partial charge in [-0.2, -0.15) is 0 Å². The highest BCUT2D eigenvalue weighted by Crippen LogP contribution is 2.28. The molecule has 1 aromatic rings. The molecule has 0 bridgehead atoms. The second-order valence-electron chi connectivity index (χ2n) is 4.21. The minimum absolute atomic E-state index is 0.0124. The molecule has 1 aliphatic rings. The van der Waals surface area contributed by atoms with Gasteiger partial charge in [-0.3, -0.25) is 15.6 Å². The number of anilines is 1. The van der Waals surface area contributed by atoms with Crippen molar-refractivity contribution >= 4 is 28.9 Å². The van der Waals surface area contributed by atoms with Crippen LogP contribution in [0, 0.1) is 12.8 Å². The Bertz CT molecular complexity index is 443. The van der Waals surface area contributed by atoms with Gasteiger partial charge < -0.3 is 5.32 Å². The predicted molar refractivity (Wildman–Crippen MR) is 71.4 cm³/mol. The summed E-state index contributed by atoms with van der Waals surface area (Å²) in [4.78, 5) is 11.4. The molecule has 0 atom stereocenters. The molecule has 1 aliphatic carbocycles. The van der Waals surface area contributed by atoms with Gasteiger partial charge >= 0.3 is 0 Å². The third-order valence-electron chi connectivity index (χ3n) is 2.52. The van der Waals surface area contributed by atoms with Crippen LogP contribution in [-0.4, -0.2) is 11.0 Å². The van der Waals surface area contributed by atoms with Crippen molar-refractivity contribution in [1.82, 2.24) is 10.9 Å². The molecule has 4 nitrogen and oxygen atoms in total. The second kappa shape index (κ2) is 5.14. The first-order chi connectivity index (χ1) is 8.15. The molecule has 2 rings (SSSR count). The fourth-order valence-corrected chi connectivity index (χ4v) is 1.62. The lowest BCUT2D eigenvalue weighted by Gasteiger charge is -2.11. The van der Waals surface area contributed by atoms with E-state index in [1.807, 2.05) is 31.2 Å². The summed E-state index contributed by atoms with van der Waals surface area (Å²) < 4.78 is 0. The maximum atomic E-state index is 11.4. The Balaban J connectivity index is 1.78. The average Bonchev–Trinajstić information content (AvgIpc) is 3.09. The van der Waals surface area contributed by atoms with Crippen LogP contribution < -0.4 is 16.2 Å². The van der Waals surface area contributed by atoms with Gasteiger partial charge in [0.05, 0.1) is 0 Å². The van der Waals surface area contributed by atoms with Gasteiger partial charge in [0.1, 0.15) is 0 Å². The topological polar surface area (TPSA) is 53.2 Å². The van der Waals surface area contributed by atoms with E-state index in [1.165, 1.54) is 0 Å². The molecule has 3 N–H and O–H groups in total. The number of hydrogen-bond donors (Lipinski definition) is 3. The van der Waals surface area contributed by atoms with Gasteiger partial charge in [0, 0.05) is 11.6 Å². The Labute approximate surface area is 106 Å². The molecule has 0 unspecified atom stereocenters. The number of thiocarbonyl (C=S) groups is 1. The van der Waals surface area contributed by atoms with E-state index in [2.05, 4.69) is 16.2 Å². The van der Waals surface area contributed by atoms with Gasteiger partial charge in [-0.15, -0.1) is 0 Å². The quantitative estimate of drug-likeness (QED) is 0.552. The van der Waals surface area contributed by atoms with Crippen molar-refractivity contribution in [2.45, 2.75) is 19.8 Å². The van der Waals surface area contributed by atoms with E-state index in [4.69, 9.17) is 12.2 Å². The molecule has 1 saturated carbocycles. The van der Waals surface area contributed by atoms with Crippen LogP contribution in [0.25, 0.3) is 0 Å². The van der Waals surface area contributed by atoms with Crippen LogP contribution in [0.2, 0.25) is 0 Å². The minimum atomic E-state index is 0.0124. The van der Waals surface area contributed by atoms with Crippen LogP contribution in [0.1, 0.15) is 18.4 Å². The first-order valence-corrected chi connectivity index (χ1v) is 5.99. The second-order valence-corrected chi connectivity index (χ2v) is 4.62. The van der Waals surface area contributed by atoms with Gasteiger partial charge in [0.15, 0.2) is 5.11 Å². The van der Waals surface area contributed by atoms with E-state index in [0.29, 0.717) is 5.11 Å². The molecular weight excluding hydrogens is 234 g/mol. The highest BCUT2D eigenvalue weighted by molar-refractivity contribution is 7.80. The number of carbonyl (C=O) groups excluding carboxylic acids is 1. The fraction of sp³-hybridized carbons (Fsp3) is 0.333. The van der Waals surface area contributed by atoms with E-state index < -0.39 is 0 Å². The van der Waals surface area contributed by atoms with Crippen LogP contribution in [-0.2, 0) is 4.79 Å². The molecule has 0 heterocycles. The summed E-state index contributed by atoms with van der Waals surface area (Å²) in [6.07, 6.45) is 1.96. The lowest BCUT2D eigenvalue weighted by atomic mass is 10.2. The van der Waals surface area contributed by atoms with E-state index >= 15 is 0 Å². The maximum absolute atomic E-state index is 11.4. The average molecular weight is 249 g/mol. The number of benzene rings is 1. The largest absolute Gasteiger partial charge is 0.331 e. The molecule has 17 heavy (non-hydrogen) atoms. The third kappa shape index (κ3) is 3.71. The summed E-state index contributed by atoms with van der Waals surface area (Å²) in [5.74, 6) is 0.183. The van der Waals surface area contributed by atoms with E-state index in [-0.39, 0.29) is 11.8 Å². The molecule has 0 radical (unpaired) electrons. The van der Waals surface area contributed by atoms with Gasteiger partial charge in [-0.1, -0.05) is 12.1 Å². The minimum Gasteiger partial charge on any atom is -0.331 e. The first-order valence-electron chi connectivity index (χ1n) is 5.58. The summed E-state index contributed by atoms with van der Waals surface area (Å²) in [6, 6.07) is 7.86. The van der Waals surface area contributed by atoms with Crippen LogP contribution >= 0.6 is 12.2 Å². The van der Waals surface area contributed by atoms with E-state index in [0.717, 1.165) is 24.1 Å². The summed E-state index contributed by atoms with van der Waals surface area (Å²) >= 11 is 5.07. The van der Waals surface area contributed by atoms with Gasteiger partial charge in [0.25, 0.3) is 0 Å². The zero-order valence-corrected chi connectivity index (χ0v) is 10.4. The monoisotopic (exact) mass is 249 g/mol. The third-order valence-corrected chi connectivity index (χ3v) is 2.73. The zero-order valence-electron chi connectivity index (χ0n) is 9.62. The highest BCUT2D eigenvalue weighted by atomic mass is 32.1. The van der Waals surface area contributed by atoms with Crippen LogP contribution in [0.3, 0.4) is 0 Å². The zero-order chi connectivity index (χ0) is 12.3. The fourth-order valence-electron chi connectivity index (χ4n) is 1.45. The SMILES string of the molecule is Cc1cccc(NC(=S)NNC(=O)C2CC2)c1.